The molecule has 0 fully saturated rings. The molecule has 1 aromatic rings. The fraction of sp³-hybridized carbons (Fsp3) is 0.467. The molecule has 0 aromatic heterocycles. The smallest absolute Gasteiger partial charge is 0.234 e. The lowest BCUT2D eigenvalue weighted by molar-refractivity contribution is -0.129. The largest absolute Gasteiger partial charge is 0.325 e. The molecule has 19 heavy (non-hydrogen) atoms. The van der Waals surface area contributed by atoms with Crippen LogP contribution in [0, 0.1) is 16.7 Å². The number of hydrogen-bond donors (Lipinski definition) is 1. The maximum absolute atomic E-state index is 12.5. The van der Waals surface area contributed by atoms with Crippen molar-refractivity contribution in [2.24, 2.45) is 11.1 Å². The van der Waals surface area contributed by atoms with Gasteiger partial charge in [0.25, 0.3) is 0 Å². The van der Waals surface area contributed by atoms with Crippen molar-refractivity contribution in [1.29, 1.82) is 5.26 Å². The van der Waals surface area contributed by atoms with Crippen LogP contribution in [0.1, 0.15) is 33.3 Å². The predicted molar refractivity (Wildman–Crippen MR) is 76.6 cm³/mol. The minimum absolute atomic E-state index is 0.0512. The summed E-state index contributed by atoms with van der Waals surface area (Å²) in [6, 6.07) is 8.96. The zero-order chi connectivity index (χ0) is 14.8. The Hall–Kier alpha value is -1.86. The lowest BCUT2D eigenvalue weighted by atomic mass is 9.74. The summed E-state index contributed by atoms with van der Waals surface area (Å²) in [5.41, 5.74) is 6.10. The summed E-state index contributed by atoms with van der Waals surface area (Å²) < 4.78 is 0. The monoisotopic (exact) mass is 259 g/mol. The predicted octanol–water partition coefficient (Wildman–Crippen LogP) is 2.28. The molecule has 102 valence electrons. The van der Waals surface area contributed by atoms with Gasteiger partial charge >= 0.3 is 0 Å². The molecular formula is C15H21N3O. The van der Waals surface area contributed by atoms with E-state index in [2.05, 4.69) is 6.07 Å². The normalized spacial score (nSPS) is 11.8. The first-order chi connectivity index (χ1) is 8.61. The Morgan fingerprint density at radius 1 is 1.21 bits per heavy atom. The van der Waals surface area contributed by atoms with Crippen LogP contribution in [0.25, 0.3) is 0 Å². The minimum Gasteiger partial charge on any atom is -0.325 e. The van der Waals surface area contributed by atoms with E-state index >= 15 is 0 Å². The van der Waals surface area contributed by atoms with Crippen molar-refractivity contribution in [2.45, 2.75) is 33.2 Å². The molecule has 1 rings (SSSR count). The van der Waals surface area contributed by atoms with Crippen molar-refractivity contribution < 1.29 is 4.79 Å². The Bertz CT molecular complexity index is 504. The second-order valence-corrected chi connectivity index (χ2v) is 5.87. The molecule has 0 aliphatic heterocycles. The van der Waals surface area contributed by atoms with E-state index in [1.807, 2.05) is 27.7 Å². The van der Waals surface area contributed by atoms with Crippen LogP contribution in [0.3, 0.4) is 0 Å². The fourth-order valence-electron chi connectivity index (χ4n) is 1.57. The van der Waals surface area contributed by atoms with Gasteiger partial charge in [0.15, 0.2) is 0 Å². The number of nitrogens with zero attached hydrogens (tertiary/aromatic N) is 2. The van der Waals surface area contributed by atoms with E-state index in [0.717, 1.165) is 5.69 Å². The molecular weight excluding hydrogens is 238 g/mol. The van der Waals surface area contributed by atoms with Crippen LogP contribution in [0.5, 0.6) is 0 Å². The van der Waals surface area contributed by atoms with E-state index in [-0.39, 0.29) is 5.91 Å². The Morgan fingerprint density at radius 2 is 1.68 bits per heavy atom. The van der Waals surface area contributed by atoms with E-state index < -0.39 is 11.0 Å². The van der Waals surface area contributed by atoms with Gasteiger partial charge in [-0.05, 0) is 52.0 Å². The van der Waals surface area contributed by atoms with Crippen molar-refractivity contribution in [3.63, 3.8) is 0 Å². The molecule has 0 unspecified atom stereocenters. The minimum atomic E-state index is -0.685. The fourth-order valence-corrected chi connectivity index (χ4v) is 1.57. The van der Waals surface area contributed by atoms with Crippen molar-refractivity contribution in [3.8, 4) is 6.07 Å². The number of hydrogen-bond acceptors (Lipinski definition) is 3. The van der Waals surface area contributed by atoms with E-state index in [9.17, 15) is 4.79 Å². The summed E-state index contributed by atoms with van der Waals surface area (Å²) in [6.07, 6.45) is 0. The first kappa shape index (κ1) is 15.2. The van der Waals surface area contributed by atoms with Crippen molar-refractivity contribution >= 4 is 11.6 Å². The van der Waals surface area contributed by atoms with Crippen LogP contribution in [0.2, 0.25) is 0 Å². The second-order valence-electron chi connectivity index (χ2n) is 5.87. The second kappa shape index (κ2) is 5.02. The summed E-state index contributed by atoms with van der Waals surface area (Å²) in [5, 5.41) is 8.77. The molecule has 0 bridgehead atoms. The maximum Gasteiger partial charge on any atom is 0.234 e. The molecule has 4 heteroatoms. The van der Waals surface area contributed by atoms with Gasteiger partial charge in [-0.25, -0.2) is 0 Å². The zero-order valence-electron chi connectivity index (χ0n) is 12.2. The van der Waals surface area contributed by atoms with E-state index in [4.69, 9.17) is 11.0 Å². The topological polar surface area (TPSA) is 70.1 Å². The molecule has 0 spiro atoms. The number of nitrogens with two attached hydrogens (primary N) is 1. The Balaban J connectivity index is 3.03. The molecule has 2 N–H and O–H groups in total. The van der Waals surface area contributed by atoms with Crippen LogP contribution >= 0.6 is 0 Å². The van der Waals surface area contributed by atoms with E-state index in [0.29, 0.717) is 5.56 Å². The molecule has 1 amide bonds. The first-order valence-electron chi connectivity index (χ1n) is 6.18. The third kappa shape index (κ3) is 2.94. The lowest BCUT2D eigenvalue weighted by Crippen LogP contribution is -2.56. The quantitative estimate of drug-likeness (QED) is 0.905. The van der Waals surface area contributed by atoms with Gasteiger partial charge in [0, 0.05) is 18.3 Å². The van der Waals surface area contributed by atoms with Crippen LogP contribution < -0.4 is 10.6 Å². The van der Waals surface area contributed by atoms with Crippen molar-refractivity contribution in [1.82, 2.24) is 0 Å². The van der Waals surface area contributed by atoms with Crippen LogP contribution in [0.4, 0.5) is 5.69 Å². The standard InChI is InChI=1S/C15H21N3O/c1-14(2,15(3,4)17)13(19)18(5)12-8-6-11(10-16)7-9-12/h6-9H,17H2,1-5H3. The van der Waals surface area contributed by atoms with Crippen molar-refractivity contribution in [3.05, 3.63) is 29.8 Å². The van der Waals surface area contributed by atoms with Crippen LogP contribution in [-0.2, 0) is 4.79 Å². The Labute approximate surface area is 114 Å². The van der Waals surface area contributed by atoms with Gasteiger partial charge in [0.2, 0.25) is 5.91 Å². The van der Waals surface area contributed by atoms with Gasteiger partial charge in [0.1, 0.15) is 0 Å². The number of carbonyl (C=O) groups is 1. The van der Waals surface area contributed by atoms with Gasteiger partial charge in [-0.3, -0.25) is 4.79 Å². The third-order valence-electron chi connectivity index (χ3n) is 3.83. The summed E-state index contributed by atoms with van der Waals surface area (Å²) in [5.74, 6) is -0.0512. The molecule has 0 aliphatic carbocycles. The highest BCUT2D eigenvalue weighted by Gasteiger charge is 2.42. The highest BCUT2D eigenvalue weighted by Crippen LogP contribution is 2.31. The SMILES string of the molecule is CN(C(=O)C(C)(C)C(C)(C)N)c1ccc(C#N)cc1. The first-order valence-corrected chi connectivity index (χ1v) is 6.18. The summed E-state index contributed by atoms with van der Waals surface area (Å²) >= 11 is 0. The maximum atomic E-state index is 12.5. The summed E-state index contributed by atoms with van der Waals surface area (Å²) in [7, 11) is 1.72. The lowest BCUT2D eigenvalue weighted by Gasteiger charge is -2.39. The van der Waals surface area contributed by atoms with Gasteiger partial charge < -0.3 is 10.6 Å². The highest BCUT2D eigenvalue weighted by atomic mass is 16.2. The van der Waals surface area contributed by atoms with Crippen LogP contribution in [0.15, 0.2) is 24.3 Å². The number of rotatable bonds is 3. The number of anilines is 1. The van der Waals surface area contributed by atoms with E-state index in [1.54, 1.807) is 36.2 Å². The average molecular weight is 259 g/mol. The number of amides is 1. The molecule has 1 aromatic carbocycles. The molecule has 0 heterocycles. The van der Waals surface area contributed by atoms with Gasteiger partial charge in [-0.15, -0.1) is 0 Å². The highest BCUT2D eigenvalue weighted by molar-refractivity contribution is 5.97. The Kier molecular flexibility index (Phi) is 4.02. The summed E-state index contributed by atoms with van der Waals surface area (Å²) in [6.45, 7) is 7.38. The Morgan fingerprint density at radius 3 is 2.05 bits per heavy atom. The third-order valence-corrected chi connectivity index (χ3v) is 3.83. The zero-order valence-corrected chi connectivity index (χ0v) is 12.2. The van der Waals surface area contributed by atoms with Crippen LogP contribution in [-0.4, -0.2) is 18.5 Å². The van der Waals surface area contributed by atoms with E-state index in [1.165, 1.54) is 0 Å². The molecule has 0 aliphatic rings. The average Bonchev–Trinajstić information content (AvgIpc) is 2.35. The van der Waals surface area contributed by atoms with Gasteiger partial charge in [-0.1, -0.05) is 0 Å². The van der Waals surface area contributed by atoms with Gasteiger partial charge in [-0.2, -0.15) is 5.26 Å². The molecule has 0 atom stereocenters. The number of benzene rings is 1. The molecule has 0 saturated carbocycles. The molecule has 4 nitrogen and oxygen atoms in total. The molecule has 0 saturated heterocycles. The number of carbonyl (C=O) groups excluding carboxylic acids is 1. The summed E-state index contributed by atoms with van der Waals surface area (Å²) in [4.78, 5) is 14.1. The van der Waals surface area contributed by atoms with Gasteiger partial charge in [0.05, 0.1) is 17.0 Å². The number of nitriles is 1. The van der Waals surface area contributed by atoms with Crippen molar-refractivity contribution in [2.75, 3.05) is 11.9 Å². The molecule has 0 radical (unpaired) electrons.